The Bertz CT molecular complexity index is 1700. The molecule has 0 spiro atoms. The van der Waals surface area contributed by atoms with Crippen LogP contribution in [0.1, 0.15) is 44.1 Å². The number of likely N-dealkylation sites (tertiary alicyclic amines) is 1. The standard InChI is InChI=1S/C32H37FN8O4S/c1-32(2,3)45-31(43)40-12-4-5-24(19-40)37-23-10-11-34-26(17-23)30(42)38-22-8-6-21(7-9-22)27-18-25-28(39-13-15-44-16-14-39)35-20-36-29(25)41(27)46-33/h6-11,17-18,20,24H,4-5,12-16,19H2,1-3H3,(H,34,37)(H,38,42). The molecule has 12 nitrogen and oxygen atoms in total. The van der Waals surface area contributed by atoms with Gasteiger partial charge in [-0.15, -0.1) is 3.89 Å². The van der Waals surface area contributed by atoms with Crippen LogP contribution in [-0.2, 0) is 9.47 Å². The van der Waals surface area contributed by atoms with Crippen molar-refractivity contribution >= 4 is 52.6 Å². The summed E-state index contributed by atoms with van der Waals surface area (Å²) in [5.74, 6) is 0.383. The van der Waals surface area contributed by atoms with Crippen LogP contribution < -0.4 is 15.5 Å². The number of nitrogens with zero attached hydrogens (tertiary/aromatic N) is 6. The third-order valence-corrected chi connectivity index (χ3v) is 8.30. The van der Waals surface area contributed by atoms with Gasteiger partial charge in [0.2, 0.25) is 0 Å². The van der Waals surface area contributed by atoms with Crippen molar-refractivity contribution in [2.45, 2.75) is 45.3 Å². The number of rotatable bonds is 7. The molecule has 5 heterocycles. The fourth-order valence-electron chi connectivity index (χ4n) is 5.66. The number of hydrogen-bond donors (Lipinski definition) is 2. The SMILES string of the molecule is CC(C)(C)OC(=O)N1CCCC(Nc2ccnc(C(=O)Nc3ccc(-c4cc5c(N6CCOCC6)ncnc5n4SF)cc3)c2)C1. The van der Waals surface area contributed by atoms with E-state index in [1.807, 2.05) is 39.0 Å². The third-order valence-electron chi connectivity index (χ3n) is 7.79. The lowest BCUT2D eigenvalue weighted by molar-refractivity contribution is 0.0206. The maximum Gasteiger partial charge on any atom is 0.410 e. The first kappa shape index (κ1) is 31.5. The van der Waals surface area contributed by atoms with E-state index in [1.54, 1.807) is 35.4 Å². The van der Waals surface area contributed by atoms with Crippen LogP contribution in [0.25, 0.3) is 22.3 Å². The average Bonchev–Trinajstić information content (AvgIpc) is 3.44. The van der Waals surface area contributed by atoms with Crippen LogP contribution in [-0.4, -0.2) is 86.9 Å². The first-order chi connectivity index (χ1) is 22.2. The van der Waals surface area contributed by atoms with Crippen molar-refractivity contribution in [1.29, 1.82) is 0 Å². The summed E-state index contributed by atoms with van der Waals surface area (Å²) in [5, 5.41) is 7.09. The zero-order chi connectivity index (χ0) is 32.3. The molecule has 2 N–H and O–H groups in total. The predicted octanol–water partition coefficient (Wildman–Crippen LogP) is 5.77. The van der Waals surface area contributed by atoms with Crippen LogP contribution >= 0.6 is 12.3 Å². The van der Waals surface area contributed by atoms with Crippen LogP contribution in [0.2, 0.25) is 0 Å². The summed E-state index contributed by atoms with van der Waals surface area (Å²) >= 11 is 0.0846. The monoisotopic (exact) mass is 648 g/mol. The largest absolute Gasteiger partial charge is 0.444 e. The number of benzene rings is 1. The van der Waals surface area contributed by atoms with Gasteiger partial charge >= 0.3 is 6.09 Å². The number of fused-ring (bicyclic) bond motifs is 1. The minimum absolute atomic E-state index is 0.0149. The highest BCUT2D eigenvalue weighted by Crippen LogP contribution is 2.36. The minimum atomic E-state index is -0.555. The summed E-state index contributed by atoms with van der Waals surface area (Å²) in [6, 6.07) is 12.6. The normalized spacial score (nSPS) is 17.2. The summed E-state index contributed by atoms with van der Waals surface area (Å²) in [4.78, 5) is 42.6. The molecule has 2 amide bonds. The van der Waals surface area contributed by atoms with Crippen LogP contribution in [0.4, 0.5) is 25.9 Å². The summed E-state index contributed by atoms with van der Waals surface area (Å²) in [6.45, 7) is 9.32. The van der Waals surface area contributed by atoms with Gasteiger partial charge in [-0.25, -0.2) is 18.7 Å². The smallest absolute Gasteiger partial charge is 0.410 e. The number of morpholine rings is 1. The highest BCUT2D eigenvalue weighted by atomic mass is 32.2. The Balaban J connectivity index is 1.12. The Labute approximate surface area is 271 Å². The number of carbonyl (C=O) groups is 2. The van der Waals surface area contributed by atoms with Gasteiger partial charge in [-0.1, -0.05) is 12.1 Å². The van der Waals surface area contributed by atoms with Gasteiger partial charge < -0.3 is 29.9 Å². The maximum absolute atomic E-state index is 14.2. The van der Waals surface area contributed by atoms with Gasteiger partial charge in [0.15, 0.2) is 18.0 Å². The summed E-state index contributed by atoms with van der Waals surface area (Å²) < 4.78 is 26.7. The molecule has 242 valence electrons. The zero-order valence-electron chi connectivity index (χ0n) is 26.0. The van der Waals surface area contributed by atoms with Crippen molar-refractivity contribution in [1.82, 2.24) is 23.8 Å². The van der Waals surface area contributed by atoms with E-state index in [0.29, 0.717) is 56.4 Å². The molecular formula is C32H37FN8O4S. The number of halogens is 1. The fraction of sp³-hybridized carbons (Fsp3) is 0.406. The fourth-order valence-corrected chi connectivity index (χ4v) is 6.11. The molecule has 1 atom stereocenters. The van der Waals surface area contributed by atoms with Gasteiger partial charge in [0, 0.05) is 49.8 Å². The maximum atomic E-state index is 14.2. The molecule has 4 aromatic rings. The number of nitrogens with one attached hydrogen (secondary N) is 2. The van der Waals surface area contributed by atoms with E-state index >= 15 is 0 Å². The number of hydrogen-bond acceptors (Lipinski definition) is 10. The molecule has 0 saturated carbocycles. The Hall–Kier alpha value is -4.43. The number of amides is 2. The number of piperidine rings is 1. The topological polar surface area (TPSA) is 127 Å². The molecule has 0 bridgehead atoms. The lowest BCUT2D eigenvalue weighted by Gasteiger charge is -2.34. The minimum Gasteiger partial charge on any atom is -0.444 e. The number of pyridine rings is 1. The summed E-state index contributed by atoms with van der Waals surface area (Å²) in [7, 11) is 0. The zero-order valence-corrected chi connectivity index (χ0v) is 26.8. The van der Waals surface area contributed by atoms with E-state index in [2.05, 4.69) is 30.5 Å². The summed E-state index contributed by atoms with van der Waals surface area (Å²) in [5.41, 5.74) is 2.87. The van der Waals surface area contributed by atoms with Crippen molar-refractivity contribution in [2.75, 3.05) is 54.9 Å². The Kier molecular flexibility index (Phi) is 9.27. The second-order valence-corrected chi connectivity index (χ2v) is 12.8. The van der Waals surface area contributed by atoms with Crippen molar-refractivity contribution in [3.05, 3.63) is 60.7 Å². The number of carbonyl (C=O) groups excluding carboxylic acids is 2. The molecule has 46 heavy (non-hydrogen) atoms. The lowest BCUT2D eigenvalue weighted by atomic mass is 10.1. The van der Waals surface area contributed by atoms with E-state index in [0.717, 1.165) is 35.3 Å². The Morgan fingerprint density at radius 2 is 1.80 bits per heavy atom. The Morgan fingerprint density at radius 1 is 1.02 bits per heavy atom. The second kappa shape index (κ2) is 13.5. The molecule has 6 rings (SSSR count). The highest BCUT2D eigenvalue weighted by molar-refractivity contribution is 7.93. The predicted molar refractivity (Wildman–Crippen MR) is 177 cm³/mol. The van der Waals surface area contributed by atoms with E-state index in [9.17, 15) is 13.5 Å². The van der Waals surface area contributed by atoms with Gasteiger partial charge in [0.1, 0.15) is 23.4 Å². The molecule has 2 aliphatic heterocycles. The number of anilines is 3. The van der Waals surface area contributed by atoms with Crippen LogP contribution in [0, 0.1) is 0 Å². The van der Waals surface area contributed by atoms with Gasteiger partial charge in [-0.05, 0) is 69.5 Å². The molecule has 2 aliphatic rings. The van der Waals surface area contributed by atoms with Crippen LogP contribution in [0.15, 0.2) is 55.0 Å². The number of aromatic nitrogens is 4. The van der Waals surface area contributed by atoms with Gasteiger partial charge in [0.25, 0.3) is 5.91 Å². The quantitative estimate of drug-likeness (QED) is 0.255. The third kappa shape index (κ3) is 7.18. The lowest BCUT2D eigenvalue weighted by Crippen LogP contribution is -2.47. The molecule has 1 aromatic carbocycles. The molecule has 2 saturated heterocycles. The molecule has 0 aliphatic carbocycles. The number of ether oxygens (including phenoxy) is 2. The molecule has 2 fully saturated rings. The van der Waals surface area contributed by atoms with Gasteiger partial charge in [-0.2, -0.15) is 0 Å². The highest BCUT2D eigenvalue weighted by Gasteiger charge is 2.28. The molecular weight excluding hydrogens is 611 g/mol. The van der Waals surface area contributed by atoms with Crippen molar-refractivity contribution in [2.24, 2.45) is 0 Å². The van der Waals surface area contributed by atoms with Crippen molar-refractivity contribution in [3.63, 3.8) is 0 Å². The Morgan fingerprint density at radius 3 is 2.54 bits per heavy atom. The molecule has 14 heteroatoms. The van der Waals surface area contributed by atoms with E-state index in [4.69, 9.17) is 9.47 Å². The van der Waals surface area contributed by atoms with E-state index in [-0.39, 0.29) is 36.1 Å². The van der Waals surface area contributed by atoms with Crippen molar-refractivity contribution in [3.8, 4) is 11.3 Å². The van der Waals surface area contributed by atoms with Gasteiger partial charge in [-0.3, -0.25) is 9.78 Å². The van der Waals surface area contributed by atoms with Crippen LogP contribution in [0.5, 0.6) is 0 Å². The van der Waals surface area contributed by atoms with Gasteiger partial charge in [0.05, 0.1) is 24.3 Å². The average molecular weight is 649 g/mol. The first-order valence-electron chi connectivity index (χ1n) is 15.3. The van der Waals surface area contributed by atoms with E-state index < -0.39 is 5.60 Å². The second-order valence-electron chi connectivity index (χ2n) is 12.3. The summed E-state index contributed by atoms with van der Waals surface area (Å²) in [6.07, 6.45) is 4.44. The molecule has 1 unspecified atom stereocenters. The van der Waals surface area contributed by atoms with Crippen molar-refractivity contribution < 1.29 is 22.9 Å². The molecule has 0 radical (unpaired) electrons. The van der Waals surface area contributed by atoms with Crippen LogP contribution in [0.3, 0.4) is 0 Å². The molecule has 3 aromatic heterocycles. The van der Waals surface area contributed by atoms with E-state index in [1.165, 1.54) is 10.3 Å². The first-order valence-corrected chi connectivity index (χ1v) is 16.0.